The molecule has 3 fully saturated rings. The average Bonchev–Trinajstić information content (AvgIpc) is 1.67. The van der Waals surface area contributed by atoms with Gasteiger partial charge in [-0.15, -0.1) is 0 Å². The van der Waals surface area contributed by atoms with Gasteiger partial charge >= 0.3 is 18.2 Å². The minimum atomic E-state index is -5.19. The highest BCUT2D eigenvalue weighted by Crippen LogP contribution is 2.28. The van der Waals surface area contributed by atoms with Crippen LogP contribution in [-0.4, -0.2) is 235 Å². The molecule has 3 saturated heterocycles. The minimum absolute atomic E-state index is 0. The van der Waals surface area contributed by atoms with Crippen molar-refractivity contribution in [3.05, 3.63) is 59.9 Å². The van der Waals surface area contributed by atoms with Crippen LogP contribution < -0.4 is 46.9 Å². The summed E-state index contributed by atoms with van der Waals surface area (Å²) in [5.74, 6) is -7.45. The van der Waals surface area contributed by atoms with Gasteiger partial charge in [0.15, 0.2) is 25.8 Å². The molecule has 7 rings (SSSR count). The van der Waals surface area contributed by atoms with Gasteiger partial charge in [0.25, 0.3) is 23.6 Å². The number of nitrogens with one attached hydrogen (secondary N) is 7. The molecular weight excluding hydrogens is 1420 g/mol. The van der Waals surface area contributed by atoms with Crippen molar-refractivity contribution in [1.29, 1.82) is 0 Å². The summed E-state index contributed by atoms with van der Waals surface area (Å²) in [7, 11) is 3.10. The Labute approximate surface area is 620 Å². The average molecular weight is 1530 g/mol. The Morgan fingerprint density at radius 2 is 0.991 bits per heavy atom. The maximum atomic E-state index is 13.2. The number of fused-ring (bicyclic) bond motifs is 2. The molecule has 35 heteroatoms. The SMILES string of the molecule is C.C.C.CC(C)C[C@H](NC(=O)OC(C)(C)C)C(O)CN(C[C@@H]1CCNC1=O)C(=O)CF.CC(C)C[C@H]([NH3+])C(=O)CN(C[C@@H]1CCNC1=O)C(=O)CF.COc1cccc2[nH]c(C(=O)N[C@@H](CC(C)C)C(=O)CN(C[C@@H]3CCNC3=O)C(=O)CF)cc12.COc1cccc2[nH]c(C(=O)O)cc12.O=C([O-])C(F)(F)F. The van der Waals surface area contributed by atoms with Gasteiger partial charge in [-0.2, -0.15) is 13.2 Å². The minimum Gasteiger partial charge on any atom is -0.542 e. The summed E-state index contributed by atoms with van der Waals surface area (Å²) in [5, 5.41) is 43.2. The Morgan fingerprint density at radius 1 is 0.607 bits per heavy atom. The van der Waals surface area contributed by atoms with E-state index in [-0.39, 0.29) is 114 Å². The fourth-order valence-corrected chi connectivity index (χ4v) is 11.1. The first kappa shape index (κ1) is 97.5. The molecule has 0 radical (unpaired) electrons. The first-order valence-corrected chi connectivity index (χ1v) is 33.7. The summed E-state index contributed by atoms with van der Waals surface area (Å²) >= 11 is 0. The fraction of sp³-hybridized carbons (Fsp3) is 0.611. The van der Waals surface area contributed by atoms with E-state index < -0.39 is 115 Å². The lowest BCUT2D eigenvalue weighted by molar-refractivity contribution is -0.406. The zero-order chi connectivity index (χ0) is 78.5. The highest BCUT2D eigenvalue weighted by Gasteiger charge is 2.36. The normalized spacial score (nSPS) is 16.1. The van der Waals surface area contributed by atoms with E-state index in [1.807, 2.05) is 59.7 Å². The van der Waals surface area contributed by atoms with E-state index in [4.69, 9.17) is 29.2 Å². The second-order valence-electron chi connectivity index (χ2n) is 27.2. The molecular formula is C72H111F6N11O18. The number of H-pyrrole nitrogens is 2. The van der Waals surface area contributed by atoms with Gasteiger partial charge in [-0.25, -0.2) is 22.8 Å². The summed E-state index contributed by atoms with van der Waals surface area (Å²) in [5.41, 5.74) is 5.03. The highest BCUT2D eigenvalue weighted by molar-refractivity contribution is 6.02. The number of hydrogen-bond donors (Lipinski definition) is 10. The second kappa shape index (κ2) is 46.5. The maximum absolute atomic E-state index is 13.2. The molecule has 3 aliphatic heterocycles. The molecule has 4 aromatic rings. The zero-order valence-corrected chi connectivity index (χ0v) is 60.4. The van der Waals surface area contributed by atoms with Gasteiger partial charge in [0.2, 0.25) is 23.5 Å². The van der Waals surface area contributed by atoms with E-state index in [1.54, 1.807) is 65.3 Å². The predicted octanol–water partition coefficient (Wildman–Crippen LogP) is 5.27. The number of carboxylic acids is 2. The first-order chi connectivity index (χ1) is 48.7. The molecule has 0 saturated carbocycles. The molecule has 0 aliphatic carbocycles. The molecule has 7 atom stereocenters. The Balaban J connectivity index is 0.00000139. The van der Waals surface area contributed by atoms with Gasteiger partial charge in [0.1, 0.15) is 40.5 Å². The number of quaternary nitrogens is 1. The summed E-state index contributed by atoms with van der Waals surface area (Å²) in [6.07, 6.45) is -3.91. The van der Waals surface area contributed by atoms with Crippen LogP contribution in [0.4, 0.5) is 31.1 Å². The number of carbonyl (C=O) groups excluding carboxylic acids is 11. The van der Waals surface area contributed by atoms with Crippen LogP contribution in [0.2, 0.25) is 0 Å². The Kier molecular flexibility index (Phi) is 42.4. The van der Waals surface area contributed by atoms with Gasteiger partial charge < -0.3 is 91.3 Å². The number of hydrogen-bond acceptors (Lipinski definition) is 17. The summed E-state index contributed by atoms with van der Waals surface area (Å²) < 4.78 is 86.1. The summed E-state index contributed by atoms with van der Waals surface area (Å²) in [6.45, 7) is 14.1. The molecule has 12 N–H and O–H groups in total. The van der Waals surface area contributed by atoms with Gasteiger partial charge in [-0.3, -0.25) is 43.2 Å². The summed E-state index contributed by atoms with van der Waals surface area (Å²) in [6, 6.07) is 12.0. The van der Waals surface area contributed by atoms with E-state index >= 15 is 0 Å². The number of ketones is 2. The van der Waals surface area contributed by atoms with Crippen molar-refractivity contribution < 1.29 is 119 Å². The number of aromatic carboxylic acids is 1. The third kappa shape index (κ3) is 33.0. The van der Waals surface area contributed by atoms with Gasteiger partial charge in [-0.05, 0) is 107 Å². The van der Waals surface area contributed by atoms with E-state index in [9.17, 15) is 84.2 Å². The van der Waals surface area contributed by atoms with E-state index in [0.29, 0.717) is 81.1 Å². The number of carbonyl (C=O) groups is 12. The van der Waals surface area contributed by atoms with Crippen LogP contribution in [0.3, 0.4) is 0 Å². The number of Topliss-reactive ketones (excluding diaryl/α,β-unsaturated/α-hetero) is 2. The number of halogens is 6. The number of aromatic nitrogens is 2. The Hall–Kier alpha value is -9.54. The molecule has 3 aliphatic rings. The van der Waals surface area contributed by atoms with Crippen LogP contribution in [0.1, 0.15) is 144 Å². The number of alkyl halides is 6. The lowest BCUT2D eigenvalue weighted by Crippen LogP contribution is -2.67. The molecule has 0 bridgehead atoms. The van der Waals surface area contributed by atoms with Crippen LogP contribution in [0.25, 0.3) is 21.8 Å². The van der Waals surface area contributed by atoms with Crippen LogP contribution in [0.5, 0.6) is 11.5 Å². The lowest BCUT2D eigenvalue weighted by atomic mass is 9.98. The number of ether oxygens (including phenoxy) is 3. The number of alkyl carbamates (subject to hydrolysis) is 1. The van der Waals surface area contributed by atoms with Gasteiger partial charge in [0.05, 0.1) is 63.3 Å². The number of aliphatic hydroxyl groups excluding tert-OH is 1. The third-order valence-corrected chi connectivity index (χ3v) is 16.2. The highest BCUT2D eigenvalue weighted by atomic mass is 19.4. The maximum Gasteiger partial charge on any atom is 0.430 e. The number of methoxy groups -OCH3 is 2. The predicted molar refractivity (Wildman–Crippen MR) is 384 cm³/mol. The van der Waals surface area contributed by atoms with Crippen molar-refractivity contribution >= 4 is 92.8 Å². The van der Waals surface area contributed by atoms with Crippen molar-refractivity contribution in [3.8, 4) is 11.5 Å². The molecule has 8 amide bonds. The number of carboxylic acid groups (broad SMARTS) is 2. The van der Waals surface area contributed by atoms with E-state index in [2.05, 4.69) is 42.3 Å². The topological polar surface area (TPSA) is 425 Å². The van der Waals surface area contributed by atoms with Gasteiger partial charge in [-0.1, -0.05) is 76.0 Å². The van der Waals surface area contributed by atoms with Crippen molar-refractivity contribution in [2.45, 2.75) is 159 Å². The fourth-order valence-electron chi connectivity index (χ4n) is 11.1. The lowest BCUT2D eigenvalue weighted by Gasteiger charge is -2.32. The smallest absolute Gasteiger partial charge is 0.430 e. The number of nitrogens with zero attached hydrogens (tertiary/aromatic N) is 3. The Morgan fingerprint density at radius 3 is 1.35 bits per heavy atom. The molecule has 604 valence electrons. The number of aliphatic hydroxyl groups is 1. The molecule has 2 aromatic heterocycles. The van der Waals surface area contributed by atoms with Crippen molar-refractivity contribution in [2.75, 3.05) is 93.1 Å². The second-order valence-corrected chi connectivity index (χ2v) is 27.2. The molecule has 5 heterocycles. The largest absolute Gasteiger partial charge is 0.542 e. The number of benzene rings is 2. The number of aliphatic carboxylic acids is 1. The van der Waals surface area contributed by atoms with Crippen molar-refractivity contribution in [2.24, 2.45) is 35.5 Å². The van der Waals surface area contributed by atoms with E-state index in [0.717, 1.165) is 31.0 Å². The number of amides is 8. The molecule has 29 nitrogen and oxygen atoms in total. The third-order valence-electron chi connectivity index (χ3n) is 16.2. The first-order valence-electron chi connectivity index (χ1n) is 33.7. The number of rotatable bonds is 30. The van der Waals surface area contributed by atoms with Crippen LogP contribution >= 0.6 is 0 Å². The number of aromatic amines is 2. The monoisotopic (exact) mass is 1530 g/mol. The van der Waals surface area contributed by atoms with Crippen LogP contribution in [-0.2, 0) is 47.9 Å². The van der Waals surface area contributed by atoms with Crippen LogP contribution in [0.15, 0.2) is 48.5 Å². The quantitative estimate of drug-likeness (QED) is 0.0297. The molecule has 1 unspecified atom stereocenters. The standard InChI is InChI=1S/C24H31FN4O5.C19H34FN3O5.C14H24FN3O3.C10H9NO3.C2HF3O2.3CH4/c1-14(2)9-18(20(30)13-29(22(31)11-25)12-15-7-8-26-23(15)32)28-24(33)19-10-16-17(27-19)5-4-6-21(16)34-3;1-12(2)8-14(22-18(27)28-19(3,4)5)15(24)11-23(16(25)9-20)10-13-6-7-21-17(13)26;1-9(2)5-11(16)12(19)8-18(13(20)6-15)7-10-3-4-17-14(10)21;1-14-9-4-2-3-7-6(9)5-8(11-7)10(12)13;3-2(4,5)1(6)7;;;/h4-6,10,14-15,18,27H,7-9,11-13H2,1-3H3,(H,26,32)(H,28,33);12-15,24H,6-11H2,1-5H3,(H,21,26)(H,22,27);9-11H,3-8,16H2,1-2H3,(H,17,21);2-5,11H,1H3,(H,12,13);(H,6,7);3*1H4/t15-,18-;13-,14-,15?;10-,11-;;;;;/m000...../s1. The van der Waals surface area contributed by atoms with Crippen molar-refractivity contribution in [3.63, 3.8) is 0 Å². The molecule has 2 aromatic carbocycles. The molecule has 107 heavy (non-hydrogen) atoms. The van der Waals surface area contributed by atoms with E-state index in [1.165, 1.54) is 0 Å². The van der Waals surface area contributed by atoms with Crippen molar-refractivity contribution in [1.82, 2.24) is 51.3 Å². The molecule has 0 spiro atoms. The Bertz CT molecular complexity index is 3560. The van der Waals surface area contributed by atoms with Crippen LogP contribution in [0, 0.1) is 35.5 Å². The van der Waals surface area contributed by atoms with Gasteiger partial charge in [0, 0.05) is 74.0 Å². The zero-order valence-electron chi connectivity index (χ0n) is 60.4. The summed E-state index contributed by atoms with van der Waals surface area (Å²) in [4.78, 5) is 150.